The van der Waals surface area contributed by atoms with Gasteiger partial charge < -0.3 is 10.1 Å². The van der Waals surface area contributed by atoms with E-state index >= 15 is 0 Å². The number of carbonyl (C=O) groups is 1. The van der Waals surface area contributed by atoms with Gasteiger partial charge in [-0.05, 0) is 42.7 Å². The molecule has 2 rings (SSSR count). The van der Waals surface area contributed by atoms with E-state index in [1.54, 1.807) is 13.2 Å². The van der Waals surface area contributed by atoms with E-state index < -0.39 is 0 Å². The molecule has 1 amide bonds. The van der Waals surface area contributed by atoms with Crippen LogP contribution >= 0.6 is 0 Å². The monoisotopic (exact) mass is 309 g/mol. The molecule has 120 valence electrons. The summed E-state index contributed by atoms with van der Waals surface area (Å²) in [6, 6.07) is 15.8. The molecule has 2 aromatic rings. The summed E-state index contributed by atoms with van der Waals surface area (Å²) in [6.07, 6.45) is 4.24. The quantitative estimate of drug-likeness (QED) is 0.809. The molecule has 0 heterocycles. The maximum Gasteiger partial charge on any atom is 0.244 e. The Morgan fingerprint density at radius 1 is 1.13 bits per heavy atom. The molecule has 0 spiro atoms. The second-order valence-electron chi connectivity index (χ2n) is 5.49. The van der Waals surface area contributed by atoms with Gasteiger partial charge in [0.1, 0.15) is 5.75 Å². The number of hydrogen-bond acceptors (Lipinski definition) is 2. The van der Waals surface area contributed by atoms with Gasteiger partial charge >= 0.3 is 0 Å². The molecule has 0 saturated carbocycles. The van der Waals surface area contributed by atoms with Crippen LogP contribution in [-0.2, 0) is 4.79 Å². The molecule has 0 aliphatic heterocycles. The summed E-state index contributed by atoms with van der Waals surface area (Å²) in [5.41, 5.74) is 3.30. The SMILES string of the molecule is CC[C@@H](NC(=O)/C=C/c1ccc(C)cc1)c1ccc(OC)cc1. The van der Waals surface area contributed by atoms with Gasteiger partial charge in [0.05, 0.1) is 13.2 Å². The van der Waals surface area contributed by atoms with Crippen LogP contribution in [-0.4, -0.2) is 13.0 Å². The third-order valence-corrected chi connectivity index (χ3v) is 3.75. The molecule has 0 aromatic heterocycles. The summed E-state index contributed by atoms with van der Waals surface area (Å²) in [5.74, 6) is 0.724. The number of nitrogens with one attached hydrogen (secondary N) is 1. The zero-order valence-electron chi connectivity index (χ0n) is 13.9. The van der Waals surface area contributed by atoms with Gasteiger partial charge in [-0.1, -0.05) is 48.9 Å². The highest BCUT2D eigenvalue weighted by Gasteiger charge is 2.11. The first kappa shape index (κ1) is 16.8. The minimum atomic E-state index is -0.0896. The standard InChI is InChI=1S/C20H23NO2/c1-4-19(17-10-12-18(23-3)13-11-17)21-20(22)14-9-16-7-5-15(2)6-8-16/h5-14,19H,4H2,1-3H3,(H,21,22)/b14-9+/t19-/m1/s1. The fraction of sp³-hybridized carbons (Fsp3) is 0.250. The lowest BCUT2D eigenvalue weighted by Crippen LogP contribution is -2.26. The third-order valence-electron chi connectivity index (χ3n) is 3.75. The number of rotatable bonds is 6. The highest BCUT2D eigenvalue weighted by Crippen LogP contribution is 2.20. The van der Waals surface area contributed by atoms with Gasteiger partial charge in [0.15, 0.2) is 0 Å². The Morgan fingerprint density at radius 2 is 1.78 bits per heavy atom. The molecule has 0 saturated heterocycles. The minimum absolute atomic E-state index is 0.00364. The van der Waals surface area contributed by atoms with Gasteiger partial charge in [-0.3, -0.25) is 4.79 Å². The van der Waals surface area contributed by atoms with E-state index in [-0.39, 0.29) is 11.9 Å². The summed E-state index contributed by atoms with van der Waals surface area (Å²) in [5, 5.41) is 3.04. The van der Waals surface area contributed by atoms with Crippen LogP contribution in [0.4, 0.5) is 0 Å². The van der Waals surface area contributed by atoms with Crippen LogP contribution in [0.15, 0.2) is 54.6 Å². The van der Waals surface area contributed by atoms with Crippen LogP contribution in [0.1, 0.15) is 36.1 Å². The number of ether oxygens (including phenoxy) is 1. The molecule has 0 aliphatic rings. The van der Waals surface area contributed by atoms with Crippen molar-refractivity contribution in [3.63, 3.8) is 0 Å². The lowest BCUT2D eigenvalue weighted by molar-refractivity contribution is -0.117. The maximum absolute atomic E-state index is 12.1. The lowest BCUT2D eigenvalue weighted by atomic mass is 10.0. The number of benzene rings is 2. The van der Waals surface area contributed by atoms with Gasteiger partial charge in [-0.25, -0.2) is 0 Å². The molecule has 0 aliphatic carbocycles. The van der Waals surface area contributed by atoms with Gasteiger partial charge in [-0.15, -0.1) is 0 Å². The number of methoxy groups -OCH3 is 1. The molecule has 1 atom stereocenters. The maximum atomic E-state index is 12.1. The van der Waals surface area contributed by atoms with E-state index in [4.69, 9.17) is 4.74 Å². The molecular formula is C20H23NO2. The highest BCUT2D eigenvalue weighted by atomic mass is 16.5. The smallest absolute Gasteiger partial charge is 0.244 e. The van der Waals surface area contributed by atoms with Crippen molar-refractivity contribution in [1.29, 1.82) is 0 Å². The minimum Gasteiger partial charge on any atom is -0.497 e. The number of aryl methyl sites for hydroxylation is 1. The molecular weight excluding hydrogens is 286 g/mol. The molecule has 0 radical (unpaired) electrons. The highest BCUT2D eigenvalue weighted by molar-refractivity contribution is 5.92. The first-order valence-electron chi connectivity index (χ1n) is 7.81. The lowest BCUT2D eigenvalue weighted by Gasteiger charge is -2.16. The molecule has 0 bridgehead atoms. The normalized spacial score (nSPS) is 12.1. The van der Waals surface area contributed by atoms with Crippen molar-refractivity contribution >= 4 is 12.0 Å². The molecule has 3 nitrogen and oxygen atoms in total. The molecule has 3 heteroatoms. The number of carbonyl (C=O) groups excluding carboxylic acids is 1. The Morgan fingerprint density at radius 3 is 2.35 bits per heavy atom. The zero-order valence-corrected chi connectivity index (χ0v) is 13.9. The fourth-order valence-electron chi connectivity index (χ4n) is 2.33. The predicted molar refractivity (Wildman–Crippen MR) is 94.4 cm³/mol. The molecule has 0 fully saturated rings. The first-order valence-corrected chi connectivity index (χ1v) is 7.81. The van der Waals surface area contributed by atoms with Crippen LogP contribution in [0.5, 0.6) is 5.75 Å². The fourth-order valence-corrected chi connectivity index (χ4v) is 2.33. The summed E-state index contributed by atoms with van der Waals surface area (Å²) in [4.78, 5) is 12.1. The molecule has 1 N–H and O–H groups in total. The Labute approximate surface area is 138 Å². The van der Waals surface area contributed by atoms with Gasteiger partial charge in [-0.2, -0.15) is 0 Å². The van der Waals surface area contributed by atoms with Gasteiger partial charge in [0.25, 0.3) is 0 Å². The Kier molecular flexibility index (Phi) is 5.98. The van der Waals surface area contributed by atoms with E-state index in [0.29, 0.717) is 0 Å². The van der Waals surface area contributed by atoms with Gasteiger partial charge in [0, 0.05) is 6.08 Å². The van der Waals surface area contributed by atoms with E-state index in [1.807, 2.05) is 61.5 Å². The van der Waals surface area contributed by atoms with Gasteiger partial charge in [0.2, 0.25) is 5.91 Å². The Bertz CT molecular complexity index is 657. The summed E-state index contributed by atoms with van der Waals surface area (Å²) in [7, 11) is 1.64. The van der Waals surface area contributed by atoms with Crippen LogP contribution in [0.3, 0.4) is 0 Å². The summed E-state index contributed by atoms with van der Waals surface area (Å²) < 4.78 is 5.16. The van der Waals surface area contributed by atoms with Crippen molar-refractivity contribution < 1.29 is 9.53 Å². The molecule has 0 unspecified atom stereocenters. The predicted octanol–water partition coefficient (Wildman–Crippen LogP) is 4.28. The van der Waals surface area contributed by atoms with E-state index in [1.165, 1.54) is 5.56 Å². The average Bonchev–Trinajstić information content (AvgIpc) is 2.59. The second-order valence-corrected chi connectivity index (χ2v) is 5.49. The van der Waals surface area contributed by atoms with Crippen molar-refractivity contribution in [2.75, 3.05) is 7.11 Å². The number of hydrogen-bond donors (Lipinski definition) is 1. The topological polar surface area (TPSA) is 38.3 Å². The summed E-state index contributed by atoms with van der Waals surface area (Å²) >= 11 is 0. The van der Waals surface area contributed by atoms with Crippen molar-refractivity contribution in [3.05, 3.63) is 71.3 Å². The van der Waals surface area contributed by atoms with Crippen LogP contribution in [0.25, 0.3) is 6.08 Å². The van der Waals surface area contributed by atoms with Crippen LogP contribution < -0.4 is 10.1 Å². The first-order chi connectivity index (χ1) is 11.1. The Hall–Kier alpha value is -2.55. The van der Waals surface area contributed by atoms with Crippen molar-refractivity contribution in [2.45, 2.75) is 26.3 Å². The summed E-state index contributed by atoms with van der Waals surface area (Å²) in [6.45, 7) is 4.10. The van der Waals surface area contributed by atoms with Crippen molar-refractivity contribution in [1.82, 2.24) is 5.32 Å². The van der Waals surface area contributed by atoms with E-state index in [2.05, 4.69) is 12.2 Å². The van der Waals surface area contributed by atoms with Crippen molar-refractivity contribution in [3.8, 4) is 5.75 Å². The van der Waals surface area contributed by atoms with E-state index in [9.17, 15) is 4.79 Å². The molecule has 2 aromatic carbocycles. The zero-order chi connectivity index (χ0) is 16.7. The second kappa shape index (κ2) is 8.18. The van der Waals surface area contributed by atoms with Crippen LogP contribution in [0, 0.1) is 6.92 Å². The molecule has 23 heavy (non-hydrogen) atoms. The van der Waals surface area contributed by atoms with E-state index in [0.717, 1.165) is 23.3 Å². The average molecular weight is 309 g/mol. The van der Waals surface area contributed by atoms with Crippen LogP contribution in [0.2, 0.25) is 0 Å². The Balaban J connectivity index is 1.99. The number of amides is 1. The largest absolute Gasteiger partial charge is 0.497 e. The van der Waals surface area contributed by atoms with Crippen molar-refractivity contribution in [2.24, 2.45) is 0 Å². The third kappa shape index (κ3) is 4.99.